The fourth-order valence-corrected chi connectivity index (χ4v) is 9.97. The first kappa shape index (κ1) is 44.9. The Morgan fingerprint density at radius 1 is 0.424 bits per heavy atom. The van der Waals surface area contributed by atoms with Gasteiger partial charge in [-0.3, -0.25) is 14.1 Å². The molecule has 0 aromatic heterocycles. The second-order valence-corrected chi connectivity index (χ2v) is 20.3. The van der Waals surface area contributed by atoms with Crippen molar-refractivity contribution in [3.63, 3.8) is 0 Å². The van der Waals surface area contributed by atoms with E-state index >= 15 is 0 Å². The normalized spacial score (nSPS) is 11.7. The van der Waals surface area contributed by atoms with E-state index in [0.717, 1.165) is 11.6 Å². The SMILES string of the molecule is Cc1ccc(-c2ccc(C(=O)c3ccc(Oc4ccc(S(=O)(=O)c5ccc(Oc6ccc(S(=O)(=O)c7ccc(O)cc7)cc6)cc5)cc4)cc3)cc2)c(C(=O)c2cccc(S(=O)(=O)O)c2)c1. The largest absolute Gasteiger partial charge is 0.508 e. The highest BCUT2D eigenvalue weighted by Crippen LogP contribution is 2.32. The van der Waals surface area contributed by atoms with Gasteiger partial charge >= 0.3 is 0 Å². The van der Waals surface area contributed by atoms with Crippen LogP contribution in [0.1, 0.15) is 37.4 Å². The maximum absolute atomic E-state index is 13.6. The maximum atomic E-state index is 13.6. The highest BCUT2D eigenvalue weighted by atomic mass is 32.2. The van der Waals surface area contributed by atoms with Gasteiger partial charge in [-0.1, -0.05) is 54.1 Å². The molecule has 0 aliphatic rings. The molecule has 66 heavy (non-hydrogen) atoms. The van der Waals surface area contributed by atoms with Crippen molar-refractivity contribution in [1.29, 1.82) is 0 Å². The molecule has 0 aliphatic carbocycles. The summed E-state index contributed by atoms with van der Waals surface area (Å²) in [6.45, 7) is 1.82. The Morgan fingerprint density at radius 2 is 0.833 bits per heavy atom. The predicted octanol–water partition coefficient (Wildman–Crippen LogP) is 10.3. The molecule has 0 radical (unpaired) electrons. The van der Waals surface area contributed by atoms with Gasteiger partial charge in [0.15, 0.2) is 11.6 Å². The number of phenols is 1. The fourth-order valence-electron chi connectivity index (χ4n) is 6.92. The number of ketones is 2. The minimum Gasteiger partial charge on any atom is -0.508 e. The molecule has 0 bridgehead atoms. The lowest BCUT2D eigenvalue weighted by molar-refractivity contribution is 0.103. The smallest absolute Gasteiger partial charge is 0.294 e. The summed E-state index contributed by atoms with van der Waals surface area (Å²) in [5.41, 5.74) is 3.20. The van der Waals surface area contributed by atoms with Crippen molar-refractivity contribution in [2.24, 2.45) is 0 Å². The molecule has 0 saturated carbocycles. The molecule has 0 heterocycles. The number of aromatic hydroxyl groups is 1. The standard InChI is InChI=1S/C51H36O12S3/c1-33-5-30-48(49(31-33)51(54)37-3-2-4-47(32-37)66(59,60)61)34-6-8-35(9-7-34)50(53)36-10-14-39(15-11-36)62-40-16-26-45(27-17-40)65(57,58)46-28-20-42(21-29-46)63-41-18-24-44(25-19-41)64(55,56)43-22-12-38(52)13-23-43/h2-32,52H,1H3,(H,59,60,61). The lowest BCUT2D eigenvalue weighted by Gasteiger charge is -2.12. The molecule has 8 rings (SSSR count). The minimum absolute atomic E-state index is 0.0194. The molecule has 0 aliphatic heterocycles. The molecule has 8 aromatic carbocycles. The van der Waals surface area contributed by atoms with Crippen LogP contribution in [0.25, 0.3) is 11.1 Å². The van der Waals surface area contributed by atoms with Crippen LogP contribution in [0.4, 0.5) is 0 Å². The van der Waals surface area contributed by atoms with Crippen molar-refractivity contribution in [1.82, 2.24) is 0 Å². The summed E-state index contributed by atoms with van der Waals surface area (Å²) in [4.78, 5) is 26.8. The number of phenolic OH excluding ortho intramolecular Hbond substituents is 1. The van der Waals surface area contributed by atoms with E-state index in [1.165, 1.54) is 115 Å². The monoisotopic (exact) mass is 936 g/mol. The van der Waals surface area contributed by atoms with Gasteiger partial charge in [-0.05, 0) is 158 Å². The van der Waals surface area contributed by atoms with E-state index in [2.05, 4.69) is 0 Å². The Morgan fingerprint density at radius 3 is 1.27 bits per heavy atom. The van der Waals surface area contributed by atoms with Gasteiger partial charge in [0.1, 0.15) is 28.7 Å². The molecule has 0 atom stereocenters. The van der Waals surface area contributed by atoms with Gasteiger partial charge in [-0.25, -0.2) is 16.8 Å². The summed E-state index contributed by atoms with van der Waals surface area (Å²) in [5, 5.41) is 9.48. The number of benzene rings is 8. The summed E-state index contributed by atoms with van der Waals surface area (Å²) in [6.07, 6.45) is 0. The molecule has 0 fully saturated rings. The van der Waals surface area contributed by atoms with Gasteiger partial charge in [0.05, 0.1) is 24.5 Å². The zero-order valence-corrected chi connectivity index (χ0v) is 37.0. The Balaban J connectivity index is 0.886. The molecular weight excluding hydrogens is 901 g/mol. The number of rotatable bonds is 14. The van der Waals surface area contributed by atoms with Crippen LogP contribution >= 0.6 is 0 Å². The molecule has 8 aromatic rings. The molecule has 12 nitrogen and oxygen atoms in total. The molecule has 0 saturated heterocycles. The van der Waals surface area contributed by atoms with Crippen molar-refractivity contribution < 1.29 is 54.0 Å². The fraction of sp³-hybridized carbons (Fsp3) is 0.0196. The maximum Gasteiger partial charge on any atom is 0.294 e. The van der Waals surface area contributed by atoms with Crippen LogP contribution in [0.3, 0.4) is 0 Å². The number of sulfone groups is 2. The first-order valence-corrected chi connectivity index (χ1v) is 24.3. The van der Waals surface area contributed by atoms with Gasteiger partial charge < -0.3 is 14.6 Å². The molecule has 15 heteroatoms. The Bertz CT molecular complexity index is 3460. The van der Waals surface area contributed by atoms with Crippen molar-refractivity contribution in [3.8, 4) is 39.9 Å². The van der Waals surface area contributed by atoms with Crippen LogP contribution in [0.2, 0.25) is 0 Å². The quantitative estimate of drug-likeness (QED) is 0.0775. The van der Waals surface area contributed by atoms with Gasteiger partial charge in [-0.2, -0.15) is 8.42 Å². The van der Waals surface area contributed by atoms with Gasteiger partial charge in [0.2, 0.25) is 19.7 Å². The van der Waals surface area contributed by atoms with Crippen molar-refractivity contribution in [2.75, 3.05) is 0 Å². The topological polar surface area (TPSA) is 195 Å². The first-order chi connectivity index (χ1) is 31.4. The molecule has 0 unspecified atom stereocenters. The van der Waals surface area contributed by atoms with E-state index in [0.29, 0.717) is 50.8 Å². The van der Waals surface area contributed by atoms with Gasteiger partial charge in [0.25, 0.3) is 10.1 Å². The average Bonchev–Trinajstić information content (AvgIpc) is 3.32. The number of hydrogen-bond donors (Lipinski definition) is 2. The molecule has 2 N–H and O–H groups in total. The minimum atomic E-state index is -4.52. The summed E-state index contributed by atoms with van der Waals surface area (Å²) >= 11 is 0. The highest BCUT2D eigenvalue weighted by Gasteiger charge is 2.21. The summed E-state index contributed by atoms with van der Waals surface area (Å²) in [5.74, 6) is 0.660. The van der Waals surface area contributed by atoms with E-state index in [1.54, 1.807) is 60.7 Å². The van der Waals surface area contributed by atoms with Gasteiger partial charge in [-0.15, -0.1) is 0 Å². The molecular formula is C51H36O12S3. The Labute approximate surface area is 380 Å². The summed E-state index contributed by atoms with van der Waals surface area (Å²) in [7, 11) is -12.3. The number of carbonyl (C=O) groups excluding carboxylic acids is 2. The van der Waals surface area contributed by atoms with Crippen molar-refractivity contribution >= 4 is 41.4 Å². The molecule has 0 amide bonds. The van der Waals surface area contributed by atoms with E-state index in [1.807, 2.05) is 13.0 Å². The van der Waals surface area contributed by atoms with Crippen LogP contribution in [0.5, 0.6) is 28.7 Å². The number of carbonyl (C=O) groups is 2. The average molecular weight is 937 g/mol. The summed E-state index contributed by atoms with van der Waals surface area (Å²) in [6, 6.07) is 46.2. The zero-order chi connectivity index (χ0) is 46.8. The Kier molecular flexibility index (Phi) is 12.3. The third kappa shape index (κ3) is 9.69. The lowest BCUT2D eigenvalue weighted by atomic mass is 9.91. The molecule has 0 spiro atoms. The van der Waals surface area contributed by atoms with Crippen LogP contribution in [0.15, 0.2) is 213 Å². The van der Waals surface area contributed by atoms with Crippen molar-refractivity contribution in [3.05, 3.63) is 216 Å². The third-order valence-corrected chi connectivity index (χ3v) is 14.8. The van der Waals surface area contributed by atoms with Crippen LogP contribution in [0, 0.1) is 6.92 Å². The van der Waals surface area contributed by atoms with Gasteiger partial charge in [0, 0.05) is 22.3 Å². The predicted molar refractivity (Wildman–Crippen MR) is 245 cm³/mol. The number of hydrogen-bond acceptors (Lipinski definition) is 11. The Hall–Kier alpha value is -7.69. The number of aryl methyl sites for hydroxylation is 1. The van der Waals surface area contributed by atoms with Crippen LogP contribution in [-0.4, -0.2) is 46.5 Å². The molecule has 330 valence electrons. The second kappa shape index (κ2) is 18.1. The van der Waals surface area contributed by atoms with Crippen molar-refractivity contribution in [2.45, 2.75) is 31.4 Å². The second-order valence-electron chi connectivity index (χ2n) is 14.9. The van der Waals surface area contributed by atoms with E-state index in [-0.39, 0.29) is 36.7 Å². The third-order valence-electron chi connectivity index (χ3n) is 10.4. The summed E-state index contributed by atoms with van der Waals surface area (Å²) < 4.78 is 97.5. The van der Waals surface area contributed by atoms with E-state index < -0.39 is 40.5 Å². The lowest BCUT2D eigenvalue weighted by Crippen LogP contribution is -2.07. The van der Waals surface area contributed by atoms with E-state index in [4.69, 9.17) is 9.47 Å². The highest BCUT2D eigenvalue weighted by molar-refractivity contribution is 7.91. The van der Waals surface area contributed by atoms with E-state index in [9.17, 15) is 44.5 Å². The zero-order valence-electron chi connectivity index (χ0n) is 34.6. The van der Waals surface area contributed by atoms with Crippen LogP contribution in [-0.2, 0) is 29.8 Å². The van der Waals surface area contributed by atoms with Crippen LogP contribution < -0.4 is 9.47 Å². The number of ether oxygens (including phenoxy) is 2. The first-order valence-electron chi connectivity index (χ1n) is 19.9.